The lowest BCUT2D eigenvalue weighted by atomic mass is 9.76. The highest BCUT2D eigenvalue weighted by molar-refractivity contribution is 5.49. The molecule has 0 aromatic heterocycles. The fraction of sp³-hybridized carbons (Fsp3) is 0.600. The molecule has 1 aromatic rings. The summed E-state index contributed by atoms with van der Waals surface area (Å²) in [6.07, 6.45) is 3.42. The van der Waals surface area contributed by atoms with Crippen LogP contribution in [0.4, 0.5) is 0 Å². The Hall–Kier alpha value is -0.980. The van der Waals surface area contributed by atoms with Gasteiger partial charge < -0.3 is 5.11 Å². The van der Waals surface area contributed by atoms with E-state index in [4.69, 9.17) is 0 Å². The van der Waals surface area contributed by atoms with Crippen LogP contribution < -0.4 is 0 Å². The van der Waals surface area contributed by atoms with Crippen molar-refractivity contribution in [3.05, 3.63) is 28.3 Å². The molecule has 1 aliphatic rings. The molecule has 16 heavy (non-hydrogen) atoms. The molecular weight excluding hydrogens is 196 g/mol. The molecule has 1 atom stereocenters. The number of hydrogen-bond donors (Lipinski definition) is 1. The quantitative estimate of drug-likeness (QED) is 0.760. The van der Waals surface area contributed by atoms with E-state index in [9.17, 15) is 5.11 Å². The molecule has 0 heterocycles. The van der Waals surface area contributed by atoms with Gasteiger partial charge in [0.15, 0.2) is 0 Å². The number of hydrogen-bond acceptors (Lipinski definition) is 1. The second kappa shape index (κ2) is 4.12. The van der Waals surface area contributed by atoms with E-state index in [1.54, 1.807) is 0 Å². The van der Waals surface area contributed by atoms with Crippen molar-refractivity contribution in [1.29, 1.82) is 0 Å². The van der Waals surface area contributed by atoms with Gasteiger partial charge in [-0.2, -0.15) is 0 Å². The van der Waals surface area contributed by atoms with E-state index in [2.05, 4.69) is 27.7 Å². The minimum atomic E-state index is 0.514. The van der Waals surface area contributed by atoms with Gasteiger partial charge in [0.2, 0.25) is 0 Å². The zero-order valence-electron chi connectivity index (χ0n) is 10.8. The van der Waals surface area contributed by atoms with Crippen molar-refractivity contribution in [3.8, 4) is 5.75 Å². The van der Waals surface area contributed by atoms with Gasteiger partial charge >= 0.3 is 0 Å². The lowest BCUT2D eigenvalue weighted by molar-refractivity contribution is 0.337. The predicted molar refractivity (Wildman–Crippen MR) is 67.9 cm³/mol. The lowest BCUT2D eigenvalue weighted by Gasteiger charge is -2.29. The maximum Gasteiger partial charge on any atom is 0.119 e. The fourth-order valence-electron chi connectivity index (χ4n) is 2.84. The van der Waals surface area contributed by atoms with E-state index < -0.39 is 0 Å². The molecule has 0 radical (unpaired) electrons. The zero-order valence-corrected chi connectivity index (χ0v) is 10.8. The third-order valence-electron chi connectivity index (χ3n) is 4.25. The van der Waals surface area contributed by atoms with Gasteiger partial charge in [-0.25, -0.2) is 0 Å². The number of phenolic OH excluding ortho intramolecular Hbond substituents is 1. The van der Waals surface area contributed by atoms with Gasteiger partial charge in [0.1, 0.15) is 5.75 Å². The zero-order chi connectivity index (χ0) is 11.9. The first-order valence-corrected chi connectivity index (χ1v) is 6.31. The van der Waals surface area contributed by atoms with E-state index in [0.29, 0.717) is 5.75 Å². The van der Waals surface area contributed by atoms with E-state index in [0.717, 1.165) is 24.7 Å². The number of rotatable bonds is 1. The summed E-state index contributed by atoms with van der Waals surface area (Å²) < 4.78 is 0. The minimum Gasteiger partial charge on any atom is -0.508 e. The van der Waals surface area contributed by atoms with Gasteiger partial charge in [-0.05, 0) is 73.3 Å². The van der Waals surface area contributed by atoms with Crippen LogP contribution in [0.5, 0.6) is 5.75 Å². The molecule has 0 saturated carbocycles. The van der Waals surface area contributed by atoms with Crippen LogP contribution in [-0.2, 0) is 12.8 Å². The van der Waals surface area contributed by atoms with Crippen molar-refractivity contribution >= 4 is 0 Å². The highest BCUT2D eigenvalue weighted by Crippen LogP contribution is 2.37. The Bertz CT molecular complexity index is 404. The molecule has 0 spiro atoms. The van der Waals surface area contributed by atoms with Gasteiger partial charge in [0, 0.05) is 0 Å². The lowest BCUT2D eigenvalue weighted by Crippen LogP contribution is -2.20. The van der Waals surface area contributed by atoms with Crippen molar-refractivity contribution in [3.63, 3.8) is 0 Å². The van der Waals surface area contributed by atoms with E-state index in [1.807, 2.05) is 6.07 Å². The number of fused-ring (bicyclic) bond motifs is 1. The molecule has 0 saturated heterocycles. The Morgan fingerprint density at radius 3 is 2.56 bits per heavy atom. The SMILES string of the molecule is Cc1cc(O)c2c(c1C)C[C@H](C(C)C)CC2. The Balaban J connectivity index is 2.44. The average Bonchev–Trinajstić information content (AvgIpc) is 2.25. The maximum atomic E-state index is 9.99. The van der Waals surface area contributed by atoms with Crippen LogP contribution in [0, 0.1) is 25.7 Å². The normalized spacial score (nSPS) is 19.9. The minimum absolute atomic E-state index is 0.514. The van der Waals surface area contributed by atoms with Gasteiger partial charge in [-0.15, -0.1) is 0 Å². The third kappa shape index (κ3) is 1.83. The van der Waals surface area contributed by atoms with E-state index in [1.165, 1.54) is 28.7 Å². The largest absolute Gasteiger partial charge is 0.508 e. The second-order valence-corrected chi connectivity index (χ2v) is 5.54. The third-order valence-corrected chi connectivity index (χ3v) is 4.25. The molecule has 2 rings (SSSR count). The fourth-order valence-corrected chi connectivity index (χ4v) is 2.84. The number of phenols is 1. The van der Waals surface area contributed by atoms with E-state index in [-0.39, 0.29) is 0 Å². The first-order valence-electron chi connectivity index (χ1n) is 6.31. The molecule has 1 aromatic carbocycles. The molecule has 0 aliphatic heterocycles. The first kappa shape index (κ1) is 11.5. The number of aryl methyl sites for hydroxylation is 1. The molecule has 1 heteroatoms. The van der Waals surface area contributed by atoms with Crippen molar-refractivity contribution < 1.29 is 5.11 Å². The molecule has 88 valence electrons. The Morgan fingerprint density at radius 1 is 1.25 bits per heavy atom. The Morgan fingerprint density at radius 2 is 1.94 bits per heavy atom. The predicted octanol–water partition coefficient (Wildman–Crippen LogP) is 3.77. The monoisotopic (exact) mass is 218 g/mol. The van der Waals surface area contributed by atoms with Crippen LogP contribution in [-0.4, -0.2) is 5.11 Å². The number of benzene rings is 1. The van der Waals surface area contributed by atoms with Crippen molar-refractivity contribution in [2.75, 3.05) is 0 Å². The average molecular weight is 218 g/mol. The molecular formula is C15H22O. The van der Waals surface area contributed by atoms with Crippen LogP contribution >= 0.6 is 0 Å². The van der Waals surface area contributed by atoms with Gasteiger partial charge in [-0.1, -0.05) is 13.8 Å². The summed E-state index contributed by atoms with van der Waals surface area (Å²) in [5.74, 6) is 2.04. The summed E-state index contributed by atoms with van der Waals surface area (Å²) >= 11 is 0. The highest BCUT2D eigenvalue weighted by Gasteiger charge is 2.24. The number of aromatic hydroxyl groups is 1. The van der Waals surface area contributed by atoms with Crippen LogP contribution in [0.1, 0.15) is 42.5 Å². The van der Waals surface area contributed by atoms with Gasteiger partial charge in [-0.3, -0.25) is 0 Å². The van der Waals surface area contributed by atoms with E-state index >= 15 is 0 Å². The van der Waals surface area contributed by atoms with Gasteiger partial charge in [0.05, 0.1) is 0 Å². The summed E-state index contributed by atoms with van der Waals surface area (Å²) in [4.78, 5) is 0. The highest BCUT2D eigenvalue weighted by atomic mass is 16.3. The summed E-state index contributed by atoms with van der Waals surface area (Å²) in [5, 5.41) is 9.99. The molecule has 1 nitrogen and oxygen atoms in total. The molecule has 1 aliphatic carbocycles. The summed E-state index contributed by atoms with van der Waals surface area (Å²) in [7, 11) is 0. The van der Waals surface area contributed by atoms with Crippen molar-refractivity contribution in [2.24, 2.45) is 11.8 Å². The Labute approximate surface area is 98.5 Å². The summed E-state index contributed by atoms with van der Waals surface area (Å²) in [6, 6.07) is 1.92. The van der Waals surface area contributed by atoms with Gasteiger partial charge in [0.25, 0.3) is 0 Å². The first-order chi connectivity index (χ1) is 7.50. The molecule has 1 N–H and O–H groups in total. The van der Waals surface area contributed by atoms with Crippen LogP contribution in [0.15, 0.2) is 6.07 Å². The topological polar surface area (TPSA) is 20.2 Å². The van der Waals surface area contributed by atoms with Crippen LogP contribution in [0.2, 0.25) is 0 Å². The standard InChI is InChI=1S/C15H22O/c1-9(2)12-5-6-13-14(8-12)11(4)10(3)7-15(13)16/h7,9,12,16H,5-6,8H2,1-4H3/t12-/m1/s1. The molecule has 0 unspecified atom stereocenters. The molecule has 0 amide bonds. The van der Waals surface area contributed by atoms with Crippen LogP contribution in [0.3, 0.4) is 0 Å². The maximum absolute atomic E-state index is 9.99. The summed E-state index contributed by atoms with van der Waals surface area (Å²) in [6.45, 7) is 8.89. The van der Waals surface area contributed by atoms with Crippen molar-refractivity contribution in [1.82, 2.24) is 0 Å². The Kier molecular flexibility index (Phi) is 2.96. The van der Waals surface area contributed by atoms with Crippen LogP contribution in [0.25, 0.3) is 0 Å². The smallest absolute Gasteiger partial charge is 0.119 e. The molecule has 0 bridgehead atoms. The second-order valence-electron chi connectivity index (χ2n) is 5.54. The molecule has 0 fully saturated rings. The van der Waals surface area contributed by atoms with Crippen molar-refractivity contribution in [2.45, 2.75) is 47.0 Å². The summed E-state index contributed by atoms with van der Waals surface area (Å²) in [5.41, 5.74) is 5.24.